The van der Waals surface area contributed by atoms with Gasteiger partial charge >= 0.3 is 0 Å². The predicted octanol–water partition coefficient (Wildman–Crippen LogP) is 4.20. The maximum atomic E-state index is 12.8. The molecule has 6 nitrogen and oxygen atoms in total. The molecule has 5 rings (SSSR count). The molecule has 1 aliphatic rings. The molecule has 0 bridgehead atoms. The first kappa shape index (κ1) is 19.2. The Bertz CT molecular complexity index is 1210. The third kappa shape index (κ3) is 3.72. The molecule has 0 unspecified atom stereocenters. The van der Waals surface area contributed by atoms with Gasteiger partial charge in [-0.2, -0.15) is 5.10 Å². The van der Waals surface area contributed by atoms with Gasteiger partial charge in [-0.25, -0.2) is 4.68 Å². The lowest BCUT2D eigenvalue weighted by Crippen LogP contribution is -2.31. The second-order valence-corrected chi connectivity index (χ2v) is 7.94. The molecule has 2 aromatic carbocycles. The van der Waals surface area contributed by atoms with Crippen LogP contribution in [0.4, 0.5) is 0 Å². The molecule has 0 spiro atoms. The Labute approximate surface area is 181 Å². The molecule has 0 radical (unpaired) electrons. The summed E-state index contributed by atoms with van der Waals surface area (Å²) in [7, 11) is 0. The van der Waals surface area contributed by atoms with Crippen molar-refractivity contribution in [3.05, 3.63) is 95.4 Å². The average Bonchev–Trinajstić information content (AvgIpc) is 3.50. The molecule has 2 aromatic heterocycles. The smallest absolute Gasteiger partial charge is 0.261 e. The summed E-state index contributed by atoms with van der Waals surface area (Å²) in [5, 5.41) is 4.87. The number of benzene rings is 2. The summed E-state index contributed by atoms with van der Waals surface area (Å²) in [6.45, 7) is 5.12. The largest absolute Gasteiger partial charge is 0.484 e. The van der Waals surface area contributed by atoms with Crippen LogP contribution in [-0.2, 0) is 17.9 Å². The van der Waals surface area contributed by atoms with E-state index in [-0.39, 0.29) is 12.5 Å². The number of carbonyl (C=O) groups is 1. The van der Waals surface area contributed by atoms with E-state index in [0.717, 1.165) is 28.3 Å². The minimum absolute atomic E-state index is 0.0180. The molecule has 156 valence electrons. The second kappa shape index (κ2) is 7.80. The van der Waals surface area contributed by atoms with Gasteiger partial charge in [0.25, 0.3) is 5.91 Å². The van der Waals surface area contributed by atoms with Crippen molar-refractivity contribution in [3.8, 4) is 17.3 Å². The van der Waals surface area contributed by atoms with Gasteiger partial charge in [-0.05, 0) is 50.2 Å². The predicted molar refractivity (Wildman–Crippen MR) is 119 cm³/mol. The number of ether oxygens (including phenoxy) is 1. The Morgan fingerprint density at radius 1 is 0.935 bits per heavy atom. The first-order chi connectivity index (χ1) is 15.1. The molecule has 6 heteroatoms. The maximum absolute atomic E-state index is 12.8. The summed E-state index contributed by atoms with van der Waals surface area (Å²) in [4.78, 5) is 14.6. The van der Waals surface area contributed by atoms with E-state index in [1.807, 2.05) is 60.4 Å². The van der Waals surface area contributed by atoms with E-state index in [4.69, 9.17) is 9.84 Å². The van der Waals surface area contributed by atoms with Gasteiger partial charge in [0.05, 0.1) is 24.5 Å². The van der Waals surface area contributed by atoms with Crippen molar-refractivity contribution in [2.24, 2.45) is 0 Å². The molecule has 0 saturated heterocycles. The lowest BCUT2D eigenvalue weighted by atomic mass is 10.2. The van der Waals surface area contributed by atoms with E-state index in [1.165, 1.54) is 5.56 Å². The van der Waals surface area contributed by atoms with Crippen molar-refractivity contribution in [2.75, 3.05) is 6.61 Å². The lowest BCUT2D eigenvalue weighted by Gasteiger charge is -2.18. The van der Waals surface area contributed by atoms with Crippen LogP contribution >= 0.6 is 0 Å². The van der Waals surface area contributed by atoms with Gasteiger partial charge in [0, 0.05) is 18.0 Å². The molecule has 31 heavy (non-hydrogen) atoms. The molecule has 0 saturated carbocycles. The number of amides is 1. The van der Waals surface area contributed by atoms with Gasteiger partial charge in [-0.15, -0.1) is 0 Å². The summed E-state index contributed by atoms with van der Waals surface area (Å²) in [5.41, 5.74) is 5.36. The highest BCUT2D eigenvalue weighted by molar-refractivity contribution is 5.78. The van der Waals surface area contributed by atoms with Crippen molar-refractivity contribution < 1.29 is 9.53 Å². The Hall–Kier alpha value is -3.80. The van der Waals surface area contributed by atoms with Crippen LogP contribution in [0.3, 0.4) is 0 Å². The zero-order valence-corrected chi connectivity index (χ0v) is 17.7. The van der Waals surface area contributed by atoms with Gasteiger partial charge in [0.15, 0.2) is 6.61 Å². The highest BCUT2D eigenvalue weighted by atomic mass is 16.5. The van der Waals surface area contributed by atoms with Crippen LogP contribution in [0.2, 0.25) is 0 Å². The van der Waals surface area contributed by atoms with Crippen molar-refractivity contribution in [1.82, 2.24) is 19.2 Å². The zero-order chi connectivity index (χ0) is 21.4. The van der Waals surface area contributed by atoms with Crippen LogP contribution < -0.4 is 4.74 Å². The van der Waals surface area contributed by atoms with Gasteiger partial charge in [0.1, 0.15) is 11.6 Å². The highest BCUT2D eigenvalue weighted by Gasteiger charge is 2.31. The highest BCUT2D eigenvalue weighted by Crippen LogP contribution is 2.30. The van der Waals surface area contributed by atoms with E-state index >= 15 is 0 Å². The Morgan fingerprint density at radius 2 is 1.58 bits per heavy atom. The van der Waals surface area contributed by atoms with E-state index in [2.05, 4.69) is 35.8 Å². The summed E-state index contributed by atoms with van der Waals surface area (Å²) in [5.74, 6) is 1.63. The molecule has 0 N–H and O–H groups in total. The lowest BCUT2D eigenvalue weighted by molar-refractivity contribution is -0.134. The van der Waals surface area contributed by atoms with Gasteiger partial charge in [0.2, 0.25) is 0 Å². The number of rotatable bonds is 5. The fourth-order valence-corrected chi connectivity index (χ4v) is 3.86. The third-order valence-corrected chi connectivity index (χ3v) is 5.59. The quantitative estimate of drug-likeness (QED) is 0.494. The summed E-state index contributed by atoms with van der Waals surface area (Å²) in [6.07, 6.45) is 4.01. The minimum Gasteiger partial charge on any atom is -0.484 e. The second-order valence-electron chi connectivity index (χ2n) is 7.94. The average molecular weight is 412 g/mol. The van der Waals surface area contributed by atoms with Crippen molar-refractivity contribution >= 4 is 5.91 Å². The zero-order valence-electron chi connectivity index (χ0n) is 17.7. The molecular formula is C25H24N4O2. The van der Waals surface area contributed by atoms with Crippen LogP contribution in [0, 0.1) is 13.8 Å². The molecule has 4 aromatic rings. The fraction of sp³-hybridized carbons (Fsp3) is 0.200. The van der Waals surface area contributed by atoms with Crippen molar-refractivity contribution in [3.63, 3.8) is 0 Å². The minimum atomic E-state index is -0.0427. The Kier molecular flexibility index (Phi) is 4.82. The van der Waals surface area contributed by atoms with Crippen LogP contribution in [0.25, 0.3) is 11.5 Å². The van der Waals surface area contributed by atoms with Crippen LogP contribution in [-0.4, -0.2) is 31.8 Å². The molecule has 0 atom stereocenters. The Balaban J connectivity index is 1.38. The molecule has 0 aliphatic carbocycles. The van der Waals surface area contributed by atoms with Crippen LogP contribution in [0.5, 0.6) is 5.75 Å². The first-order valence-electron chi connectivity index (χ1n) is 10.4. The topological polar surface area (TPSA) is 52.3 Å². The summed E-state index contributed by atoms with van der Waals surface area (Å²) < 4.78 is 9.72. The summed E-state index contributed by atoms with van der Waals surface area (Å²) in [6, 6.07) is 20.0. The van der Waals surface area contributed by atoms with Crippen LogP contribution in [0.15, 0.2) is 73.1 Å². The number of fused-ring (bicyclic) bond motifs is 1. The summed E-state index contributed by atoms with van der Waals surface area (Å²) >= 11 is 0. The molecular weight excluding hydrogens is 388 g/mol. The van der Waals surface area contributed by atoms with Crippen molar-refractivity contribution in [1.29, 1.82) is 0 Å². The number of aromatic nitrogens is 3. The molecule has 0 fully saturated rings. The van der Waals surface area contributed by atoms with Crippen LogP contribution in [0.1, 0.15) is 22.4 Å². The van der Waals surface area contributed by atoms with E-state index in [1.54, 1.807) is 4.90 Å². The van der Waals surface area contributed by atoms with E-state index in [0.29, 0.717) is 18.8 Å². The van der Waals surface area contributed by atoms with E-state index < -0.39 is 0 Å². The normalized spacial score (nSPS) is 12.8. The number of aryl methyl sites for hydroxylation is 2. The van der Waals surface area contributed by atoms with Gasteiger partial charge in [-0.1, -0.05) is 35.4 Å². The number of hydrogen-bond acceptors (Lipinski definition) is 3. The molecule has 3 heterocycles. The Morgan fingerprint density at radius 3 is 2.26 bits per heavy atom. The molecule has 1 amide bonds. The fourth-order valence-electron chi connectivity index (χ4n) is 3.86. The molecule has 1 aliphatic heterocycles. The number of hydrogen-bond donors (Lipinski definition) is 0. The monoisotopic (exact) mass is 412 g/mol. The van der Waals surface area contributed by atoms with Gasteiger partial charge < -0.3 is 14.2 Å². The third-order valence-electron chi connectivity index (χ3n) is 5.59. The number of carbonyl (C=O) groups excluding carboxylic acids is 1. The maximum Gasteiger partial charge on any atom is 0.261 e. The first-order valence-corrected chi connectivity index (χ1v) is 10.4. The van der Waals surface area contributed by atoms with Crippen molar-refractivity contribution in [2.45, 2.75) is 26.9 Å². The number of nitrogens with zero attached hydrogens (tertiary/aromatic N) is 4. The SMILES string of the molecule is Cc1ccc(OCC(=O)N2Cc3nn(-c4ccc(C)cc4)c(-n4cccc4)c3C2)cc1. The van der Waals surface area contributed by atoms with Gasteiger partial charge in [-0.3, -0.25) is 4.79 Å². The standard InChI is InChI=1S/C25H24N4O2/c1-18-5-9-20(10-6-18)29-25(27-13-3-4-14-27)22-15-28(16-23(22)26-29)24(30)17-31-21-11-7-19(2)8-12-21/h3-14H,15-17H2,1-2H3. The van der Waals surface area contributed by atoms with E-state index in [9.17, 15) is 4.79 Å².